The molecular weight excluding hydrogens is 320 g/mol. The molecule has 1 amide bonds. The van der Waals surface area contributed by atoms with Crippen LogP contribution in [0.25, 0.3) is 0 Å². The zero-order valence-electron chi connectivity index (χ0n) is 14.2. The molecule has 1 saturated heterocycles. The smallest absolute Gasteiger partial charge is 0.264 e. The van der Waals surface area contributed by atoms with Crippen LogP contribution in [0.15, 0.2) is 18.2 Å². The standard InChI is InChI=1S/C18H22N4OS/c1-12-7-8-16(24-12)18(23)21(2)14-10-22(11-14)17-9-13-5-3-4-6-15(13)19-20-17/h7-9,14H,3-6,10-11H2,1-2H3. The number of aryl methyl sites for hydroxylation is 3. The minimum absolute atomic E-state index is 0.120. The molecule has 126 valence electrons. The Labute approximate surface area is 146 Å². The third kappa shape index (κ3) is 2.79. The Morgan fingerprint density at radius 1 is 1.25 bits per heavy atom. The van der Waals surface area contributed by atoms with Gasteiger partial charge in [-0.25, -0.2) is 0 Å². The van der Waals surface area contributed by atoms with Gasteiger partial charge in [0.1, 0.15) is 0 Å². The lowest BCUT2D eigenvalue weighted by Crippen LogP contribution is -2.60. The highest BCUT2D eigenvalue weighted by Gasteiger charge is 2.34. The number of likely N-dealkylation sites (N-methyl/N-ethyl adjacent to an activating group) is 1. The van der Waals surface area contributed by atoms with E-state index in [2.05, 4.69) is 21.2 Å². The summed E-state index contributed by atoms with van der Waals surface area (Å²) in [7, 11) is 1.90. The summed E-state index contributed by atoms with van der Waals surface area (Å²) in [6.07, 6.45) is 4.65. The maximum Gasteiger partial charge on any atom is 0.264 e. The molecule has 2 aromatic heterocycles. The minimum atomic E-state index is 0.120. The van der Waals surface area contributed by atoms with Crippen molar-refractivity contribution in [2.75, 3.05) is 25.0 Å². The zero-order valence-corrected chi connectivity index (χ0v) is 15.0. The number of carbonyl (C=O) groups excluding carboxylic acids is 1. The van der Waals surface area contributed by atoms with Gasteiger partial charge >= 0.3 is 0 Å². The van der Waals surface area contributed by atoms with Crippen molar-refractivity contribution in [1.82, 2.24) is 15.1 Å². The van der Waals surface area contributed by atoms with Crippen LogP contribution in [0.5, 0.6) is 0 Å². The number of amides is 1. The van der Waals surface area contributed by atoms with Crippen molar-refractivity contribution in [3.63, 3.8) is 0 Å². The van der Waals surface area contributed by atoms with Crippen molar-refractivity contribution < 1.29 is 4.79 Å². The number of aromatic nitrogens is 2. The number of rotatable bonds is 3. The summed E-state index contributed by atoms with van der Waals surface area (Å²) in [5.74, 6) is 1.08. The molecule has 1 aliphatic heterocycles. The van der Waals surface area contributed by atoms with Crippen LogP contribution in [0.3, 0.4) is 0 Å². The van der Waals surface area contributed by atoms with Gasteiger partial charge in [0.05, 0.1) is 16.6 Å². The Morgan fingerprint density at radius 3 is 2.79 bits per heavy atom. The molecule has 2 aliphatic rings. The van der Waals surface area contributed by atoms with Crippen molar-refractivity contribution >= 4 is 23.1 Å². The lowest BCUT2D eigenvalue weighted by atomic mass is 9.96. The molecule has 0 unspecified atom stereocenters. The lowest BCUT2D eigenvalue weighted by molar-refractivity contribution is 0.0710. The molecule has 0 N–H and O–H groups in total. The third-order valence-corrected chi connectivity index (χ3v) is 6.05. The molecule has 4 rings (SSSR count). The molecule has 5 nitrogen and oxygen atoms in total. The number of carbonyl (C=O) groups is 1. The maximum absolute atomic E-state index is 12.5. The van der Waals surface area contributed by atoms with Crippen molar-refractivity contribution in [2.45, 2.75) is 38.6 Å². The van der Waals surface area contributed by atoms with Crippen LogP contribution in [0.2, 0.25) is 0 Å². The van der Waals surface area contributed by atoms with Crippen molar-refractivity contribution in [2.24, 2.45) is 0 Å². The van der Waals surface area contributed by atoms with E-state index in [1.807, 2.05) is 31.0 Å². The summed E-state index contributed by atoms with van der Waals surface area (Å²) in [6, 6.07) is 6.37. The van der Waals surface area contributed by atoms with Gasteiger partial charge in [0.2, 0.25) is 0 Å². The number of hydrogen-bond donors (Lipinski definition) is 0. The quantitative estimate of drug-likeness (QED) is 0.860. The molecule has 1 fully saturated rings. The predicted molar refractivity (Wildman–Crippen MR) is 95.8 cm³/mol. The fraction of sp³-hybridized carbons (Fsp3) is 0.500. The zero-order chi connectivity index (χ0) is 16.7. The van der Waals surface area contributed by atoms with E-state index < -0.39 is 0 Å². The summed E-state index contributed by atoms with van der Waals surface area (Å²) in [4.78, 5) is 18.6. The van der Waals surface area contributed by atoms with Crippen molar-refractivity contribution in [1.29, 1.82) is 0 Å². The van der Waals surface area contributed by atoms with Crippen molar-refractivity contribution in [3.05, 3.63) is 39.2 Å². The Kier molecular flexibility index (Phi) is 4.00. The molecule has 0 aromatic carbocycles. The monoisotopic (exact) mass is 342 g/mol. The number of fused-ring (bicyclic) bond motifs is 1. The van der Waals surface area contributed by atoms with Crippen LogP contribution in [-0.4, -0.2) is 47.2 Å². The first-order valence-electron chi connectivity index (χ1n) is 8.56. The average Bonchev–Trinajstić information content (AvgIpc) is 2.99. The van der Waals surface area contributed by atoms with E-state index in [-0.39, 0.29) is 11.9 Å². The molecule has 2 aromatic rings. The van der Waals surface area contributed by atoms with E-state index in [4.69, 9.17) is 0 Å². The summed E-state index contributed by atoms with van der Waals surface area (Å²) in [5, 5.41) is 8.80. The third-order valence-electron chi connectivity index (χ3n) is 5.06. The van der Waals surface area contributed by atoms with Gasteiger partial charge in [-0.3, -0.25) is 4.79 Å². The second kappa shape index (κ2) is 6.16. The Morgan fingerprint density at radius 2 is 2.04 bits per heavy atom. The van der Waals surface area contributed by atoms with Crippen LogP contribution in [0, 0.1) is 6.92 Å². The van der Waals surface area contributed by atoms with Gasteiger partial charge in [-0.05, 0) is 56.4 Å². The molecule has 0 bridgehead atoms. The Hall–Kier alpha value is -1.95. The first-order chi connectivity index (χ1) is 11.6. The van der Waals surface area contributed by atoms with E-state index in [1.165, 1.54) is 29.0 Å². The van der Waals surface area contributed by atoms with E-state index >= 15 is 0 Å². The second-order valence-corrected chi connectivity index (χ2v) is 8.05. The number of nitrogens with zero attached hydrogens (tertiary/aromatic N) is 4. The summed E-state index contributed by atoms with van der Waals surface area (Å²) in [5.41, 5.74) is 2.52. The normalized spacial score (nSPS) is 17.3. The maximum atomic E-state index is 12.5. The average molecular weight is 342 g/mol. The molecule has 6 heteroatoms. The topological polar surface area (TPSA) is 49.3 Å². The Bertz CT molecular complexity index is 766. The van der Waals surface area contributed by atoms with Gasteiger partial charge in [-0.1, -0.05) is 0 Å². The van der Waals surface area contributed by atoms with Gasteiger partial charge < -0.3 is 9.80 Å². The molecule has 0 saturated carbocycles. The van der Waals surface area contributed by atoms with Gasteiger partial charge in [0.25, 0.3) is 5.91 Å². The SMILES string of the molecule is Cc1ccc(C(=O)N(C)C2CN(c3cc4c(nn3)CCCC4)C2)s1. The highest BCUT2D eigenvalue weighted by Crippen LogP contribution is 2.27. The van der Waals surface area contributed by atoms with Gasteiger partial charge in [-0.2, -0.15) is 5.10 Å². The van der Waals surface area contributed by atoms with E-state index in [9.17, 15) is 4.79 Å². The predicted octanol–water partition coefficient (Wildman–Crippen LogP) is 2.69. The summed E-state index contributed by atoms with van der Waals surface area (Å²) in [6.45, 7) is 3.70. The van der Waals surface area contributed by atoms with Gasteiger partial charge in [0, 0.05) is 25.0 Å². The van der Waals surface area contributed by atoms with E-state index in [0.717, 1.165) is 36.6 Å². The van der Waals surface area contributed by atoms with Crippen LogP contribution in [0.4, 0.5) is 5.82 Å². The second-order valence-electron chi connectivity index (χ2n) is 6.77. The fourth-order valence-electron chi connectivity index (χ4n) is 3.41. The molecular formula is C18H22N4OS. The lowest BCUT2D eigenvalue weighted by Gasteiger charge is -2.44. The van der Waals surface area contributed by atoms with E-state index in [1.54, 1.807) is 11.3 Å². The highest BCUT2D eigenvalue weighted by molar-refractivity contribution is 7.13. The van der Waals surface area contributed by atoms with Crippen molar-refractivity contribution in [3.8, 4) is 0 Å². The number of thiophene rings is 1. The molecule has 24 heavy (non-hydrogen) atoms. The summed E-state index contributed by atoms with van der Waals surface area (Å²) >= 11 is 1.56. The molecule has 1 aliphatic carbocycles. The molecule has 0 radical (unpaired) electrons. The van der Waals surface area contributed by atoms with Crippen LogP contribution < -0.4 is 4.90 Å². The van der Waals surface area contributed by atoms with Crippen LogP contribution in [-0.2, 0) is 12.8 Å². The van der Waals surface area contributed by atoms with Crippen LogP contribution >= 0.6 is 11.3 Å². The largest absolute Gasteiger partial charge is 0.351 e. The molecule has 0 atom stereocenters. The van der Waals surface area contributed by atoms with Gasteiger partial charge in [0.15, 0.2) is 5.82 Å². The summed E-state index contributed by atoms with van der Waals surface area (Å²) < 4.78 is 0. The first kappa shape index (κ1) is 15.6. The molecule has 0 spiro atoms. The number of anilines is 1. The van der Waals surface area contributed by atoms with Gasteiger partial charge in [-0.15, -0.1) is 16.4 Å². The fourth-order valence-corrected chi connectivity index (χ4v) is 4.26. The number of hydrogen-bond acceptors (Lipinski definition) is 5. The Balaban J connectivity index is 1.40. The highest BCUT2D eigenvalue weighted by atomic mass is 32.1. The minimum Gasteiger partial charge on any atom is -0.351 e. The first-order valence-corrected chi connectivity index (χ1v) is 9.37. The van der Waals surface area contributed by atoms with Crippen LogP contribution in [0.1, 0.15) is 38.6 Å². The van der Waals surface area contributed by atoms with E-state index in [0.29, 0.717) is 0 Å². The molecule has 3 heterocycles.